The van der Waals surface area contributed by atoms with E-state index in [1.807, 2.05) is 13.8 Å². The number of aliphatic imine (C=N–C) groups is 1. The second kappa shape index (κ2) is 11.7. The van der Waals surface area contributed by atoms with Gasteiger partial charge in [0.2, 0.25) is 10.0 Å². The van der Waals surface area contributed by atoms with Gasteiger partial charge >= 0.3 is 0 Å². The molecule has 0 radical (unpaired) electrons. The predicted octanol–water partition coefficient (Wildman–Crippen LogP) is 0.945. The third-order valence-corrected chi connectivity index (χ3v) is 6.82. The van der Waals surface area contributed by atoms with Crippen LogP contribution in [0.1, 0.15) is 40.0 Å². The van der Waals surface area contributed by atoms with Crippen LogP contribution in [-0.2, 0) is 10.0 Å². The lowest BCUT2D eigenvalue weighted by Gasteiger charge is -2.30. The largest absolute Gasteiger partial charge is 0.356 e. The highest BCUT2D eigenvalue weighted by Crippen LogP contribution is 2.15. The minimum absolute atomic E-state index is 0.0847. The van der Waals surface area contributed by atoms with Gasteiger partial charge in [0, 0.05) is 33.2 Å². The van der Waals surface area contributed by atoms with Crippen LogP contribution in [0.15, 0.2) is 4.99 Å². The van der Waals surface area contributed by atoms with E-state index in [0.29, 0.717) is 25.6 Å². The molecule has 1 aliphatic heterocycles. The Hall–Kier alpha value is -0.860. The average molecular weight is 376 g/mol. The van der Waals surface area contributed by atoms with Crippen LogP contribution in [0.2, 0.25) is 0 Å². The highest BCUT2D eigenvalue weighted by atomic mass is 32.2. The minimum Gasteiger partial charge on any atom is -0.356 e. The molecule has 1 fully saturated rings. The number of likely N-dealkylation sites (tertiary alicyclic amines) is 1. The molecule has 2 N–H and O–H groups in total. The Morgan fingerprint density at radius 2 is 1.76 bits per heavy atom. The van der Waals surface area contributed by atoms with Gasteiger partial charge in [-0.1, -0.05) is 20.8 Å². The standard InChI is InChI=1S/C17H37N5O2S/c1-5-22(6-2)25(23,24)15-11-20-17(18-4)19-10-7-12-21-13-8-16(3)9-14-21/h16H,5-15H2,1-4H3,(H2,18,19,20). The molecule has 1 rings (SSSR count). The van der Waals surface area contributed by atoms with Crippen LogP contribution < -0.4 is 10.6 Å². The van der Waals surface area contributed by atoms with Crippen LogP contribution in [-0.4, -0.2) is 82.2 Å². The Kier molecular flexibility index (Phi) is 10.4. The van der Waals surface area contributed by atoms with E-state index >= 15 is 0 Å². The van der Waals surface area contributed by atoms with E-state index in [0.717, 1.165) is 25.4 Å². The second-order valence-electron chi connectivity index (χ2n) is 6.70. The Morgan fingerprint density at radius 3 is 2.32 bits per heavy atom. The molecule has 0 bridgehead atoms. The van der Waals surface area contributed by atoms with Gasteiger partial charge in [-0.15, -0.1) is 0 Å². The SMILES string of the molecule is CCN(CC)S(=O)(=O)CCNC(=NC)NCCCN1CCC(C)CC1. The van der Waals surface area contributed by atoms with E-state index in [1.165, 1.54) is 30.2 Å². The number of hydrogen-bond donors (Lipinski definition) is 2. The molecule has 0 aromatic carbocycles. The van der Waals surface area contributed by atoms with Crippen molar-refractivity contribution in [3.8, 4) is 0 Å². The molecule has 0 amide bonds. The van der Waals surface area contributed by atoms with E-state index in [4.69, 9.17) is 0 Å². The van der Waals surface area contributed by atoms with Crippen LogP contribution in [0.4, 0.5) is 0 Å². The Balaban J connectivity index is 2.20. The smallest absolute Gasteiger partial charge is 0.215 e. The fourth-order valence-electron chi connectivity index (χ4n) is 3.06. The molecule has 25 heavy (non-hydrogen) atoms. The summed E-state index contributed by atoms with van der Waals surface area (Å²) in [7, 11) is -1.48. The van der Waals surface area contributed by atoms with Crippen molar-refractivity contribution in [1.29, 1.82) is 0 Å². The lowest BCUT2D eigenvalue weighted by molar-refractivity contribution is 0.191. The molecule has 0 aromatic rings. The van der Waals surface area contributed by atoms with Crippen molar-refractivity contribution in [3.63, 3.8) is 0 Å². The highest BCUT2D eigenvalue weighted by molar-refractivity contribution is 7.89. The number of nitrogens with one attached hydrogen (secondary N) is 2. The molecule has 0 unspecified atom stereocenters. The van der Waals surface area contributed by atoms with Gasteiger partial charge in [0.05, 0.1) is 5.75 Å². The molecule has 1 aliphatic rings. The number of rotatable bonds is 10. The maximum atomic E-state index is 12.1. The average Bonchev–Trinajstić information content (AvgIpc) is 2.59. The van der Waals surface area contributed by atoms with Crippen molar-refractivity contribution < 1.29 is 8.42 Å². The zero-order chi connectivity index (χ0) is 18.7. The molecule has 8 heteroatoms. The molecule has 0 aliphatic carbocycles. The van der Waals surface area contributed by atoms with E-state index in [2.05, 4.69) is 27.4 Å². The van der Waals surface area contributed by atoms with Crippen LogP contribution in [0.5, 0.6) is 0 Å². The van der Waals surface area contributed by atoms with E-state index < -0.39 is 10.0 Å². The predicted molar refractivity (Wildman–Crippen MR) is 106 cm³/mol. The summed E-state index contributed by atoms with van der Waals surface area (Å²) in [5.41, 5.74) is 0. The van der Waals surface area contributed by atoms with Crippen molar-refractivity contribution >= 4 is 16.0 Å². The number of sulfonamides is 1. The zero-order valence-corrected chi connectivity index (χ0v) is 17.2. The number of nitrogens with zero attached hydrogens (tertiary/aromatic N) is 3. The first kappa shape index (κ1) is 22.2. The van der Waals surface area contributed by atoms with Crippen molar-refractivity contribution in [2.24, 2.45) is 10.9 Å². The Morgan fingerprint density at radius 1 is 1.16 bits per heavy atom. The topological polar surface area (TPSA) is 77.0 Å². The molecule has 0 atom stereocenters. The van der Waals surface area contributed by atoms with Gasteiger partial charge in [-0.05, 0) is 44.8 Å². The fourth-order valence-corrected chi connectivity index (χ4v) is 4.47. The second-order valence-corrected chi connectivity index (χ2v) is 8.79. The Labute approximate surface area is 154 Å². The summed E-state index contributed by atoms with van der Waals surface area (Å²) in [4.78, 5) is 6.68. The number of hydrogen-bond acceptors (Lipinski definition) is 4. The van der Waals surface area contributed by atoms with Crippen molar-refractivity contribution in [2.75, 3.05) is 58.6 Å². The van der Waals surface area contributed by atoms with Gasteiger partial charge in [0.25, 0.3) is 0 Å². The third kappa shape index (κ3) is 8.37. The summed E-state index contributed by atoms with van der Waals surface area (Å²) in [5.74, 6) is 1.62. The van der Waals surface area contributed by atoms with E-state index in [9.17, 15) is 8.42 Å². The normalized spacial score (nSPS) is 17.9. The number of piperidine rings is 1. The summed E-state index contributed by atoms with van der Waals surface area (Å²) < 4.78 is 25.8. The Bertz CT molecular complexity index is 483. The van der Waals surface area contributed by atoms with Gasteiger partial charge in [0.15, 0.2) is 5.96 Å². The fraction of sp³-hybridized carbons (Fsp3) is 0.941. The molecule has 148 valence electrons. The first-order valence-electron chi connectivity index (χ1n) is 9.57. The monoisotopic (exact) mass is 375 g/mol. The first-order chi connectivity index (χ1) is 11.9. The van der Waals surface area contributed by atoms with E-state index in [1.54, 1.807) is 7.05 Å². The summed E-state index contributed by atoms with van der Waals surface area (Å²) in [6.07, 6.45) is 3.67. The maximum Gasteiger partial charge on any atom is 0.215 e. The van der Waals surface area contributed by atoms with Crippen LogP contribution in [0, 0.1) is 5.92 Å². The number of guanidine groups is 1. The molecule has 0 saturated carbocycles. The lowest BCUT2D eigenvalue weighted by Crippen LogP contribution is -2.43. The minimum atomic E-state index is -3.19. The van der Waals surface area contributed by atoms with Crippen molar-refractivity contribution in [3.05, 3.63) is 0 Å². The molecular formula is C17H37N5O2S. The first-order valence-corrected chi connectivity index (χ1v) is 11.2. The van der Waals surface area contributed by atoms with Gasteiger partial charge in [0.1, 0.15) is 0 Å². The van der Waals surface area contributed by atoms with Crippen molar-refractivity contribution in [2.45, 2.75) is 40.0 Å². The van der Waals surface area contributed by atoms with Crippen LogP contribution in [0.3, 0.4) is 0 Å². The summed E-state index contributed by atoms with van der Waals surface area (Å²) in [6.45, 7) is 11.8. The van der Waals surface area contributed by atoms with Gasteiger partial charge in [-0.2, -0.15) is 0 Å². The lowest BCUT2D eigenvalue weighted by atomic mass is 9.99. The maximum absolute atomic E-state index is 12.1. The van der Waals surface area contributed by atoms with Gasteiger partial charge in [-0.25, -0.2) is 12.7 Å². The molecule has 7 nitrogen and oxygen atoms in total. The van der Waals surface area contributed by atoms with Gasteiger partial charge < -0.3 is 15.5 Å². The molecule has 0 aromatic heterocycles. The molecule has 1 heterocycles. The zero-order valence-electron chi connectivity index (χ0n) is 16.4. The van der Waals surface area contributed by atoms with Crippen molar-refractivity contribution in [1.82, 2.24) is 19.8 Å². The quantitative estimate of drug-likeness (QED) is 0.338. The van der Waals surface area contributed by atoms with Gasteiger partial charge in [-0.3, -0.25) is 4.99 Å². The van der Waals surface area contributed by atoms with E-state index in [-0.39, 0.29) is 5.75 Å². The molecule has 0 spiro atoms. The van der Waals surface area contributed by atoms with Crippen LogP contribution >= 0.6 is 0 Å². The third-order valence-electron chi connectivity index (χ3n) is 4.79. The van der Waals surface area contributed by atoms with Crippen LogP contribution in [0.25, 0.3) is 0 Å². The summed E-state index contributed by atoms with van der Waals surface area (Å²) >= 11 is 0. The highest BCUT2D eigenvalue weighted by Gasteiger charge is 2.18. The summed E-state index contributed by atoms with van der Waals surface area (Å²) in [6, 6.07) is 0. The molecular weight excluding hydrogens is 338 g/mol. The molecule has 1 saturated heterocycles. The summed E-state index contributed by atoms with van der Waals surface area (Å²) in [5, 5.41) is 6.36.